The maximum Gasteiger partial charge on any atom is 0.253 e. The van der Waals surface area contributed by atoms with Crippen LogP contribution in [0.5, 0.6) is 0 Å². The monoisotopic (exact) mass is 471 g/mol. The number of benzene rings is 2. The van der Waals surface area contributed by atoms with E-state index in [1.165, 1.54) is 6.92 Å². The summed E-state index contributed by atoms with van der Waals surface area (Å²) in [6.07, 6.45) is 1.48. The number of sulfonamides is 1. The van der Waals surface area contributed by atoms with Crippen LogP contribution in [0.3, 0.4) is 0 Å². The predicted molar refractivity (Wildman–Crippen MR) is 128 cm³/mol. The Kier molecular flexibility index (Phi) is 7.59. The third kappa shape index (κ3) is 6.65. The van der Waals surface area contributed by atoms with E-state index < -0.39 is 10.0 Å². The molecule has 0 atom stereocenters. The van der Waals surface area contributed by atoms with Crippen LogP contribution in [0.25, 0.3) is 0 Å². The van der Waals surface area contributed by atoms with Gasteiger partial charge in [0.2, 0.25) is 15.9 Å². The number of hydrogen-bond donors (Lipinski definition) is 2. The average molecular weight is 472 g/mol. The van der Waals surface area contributed by atoms with E-state index in [4.69, 9.17) is 0 Å². The third-order valence-electron chi connectivity index (χ3n) is 5.89. The SMILES string of the molecule is CC(=O)NC1CCN(C(=O)c2ccc(CNS(=O)(=O)c3ccc(C(C)(C)C)cc3)cc2)CC1. The van der Waals surface area contributed by atoms with Gasteiger partial charge in [0.25, 0.3) is 5.91 Å². The molecule has 1 saturated heterocycles. The number of rotatable bonds is 6. The van der Waals surface area contributed by atoms with E-state index in [2.05, 4.69) is 30.8 Å². The highest BCUT2D eigenvalue weighted by atomic mass is 32.2. The molecule has 0 aromatic heterocycles. The maximum atomic E-state index is 12.8. The number of nitrogens with zero attached hydrogens (tertiary/aromatic N) is 1. The standard InChI is InChI=1S/C25H33N3O4S/c1-18(29)27-22-13-15-28(16-14-22)24(30)20-7-5-19(6-8-20)17-26-33(31,32)23-11-9-21(10-12-23)25(2,3)4/h5-12,22,26H,13-17H2,1-4H3,(H,27,29). The molecule has 1 aliphatic heterocycles. The fourth-order valence-electron chi connectivity index (χ4n) is 3.86. The Morgan fingerprint density at radius 1 is 0.970 bits per heavy atom. The average Bonchev–Trinajstić information content (AvgIpc) is 2.77. The molecule has 0 bridgehead atoms. The quantitative estimate of drug-likeness (QED) is 0.676. The molecule has 0 unspecified atom stereocenters. The lowest BCUT2D eigenvalue weighted by atomic mass is 9.87. The molecular weight excluding hydrogens is 438 g/mol. The molecule has 33 heavy (non-hydrogen) atoms. The lowest BCUT2D eigenvalue weighted by Gasteiger charge is -2.32. The van der Waals surface area contributed by atoms with Gasteiger partial charge in [-0.3, -0.25) is 9.59 Å². The zero-order chi connectivity index (χ0) is 24.2. The Morgan fingerprint density at radius 2 is 1.55 bits per heavy atom. The van der Waals surface area contributed by atoms with Crippen molar-refractivity contribution in [3.8, 4) is 0 Å². The molecule has 2 aromatic rings. The van der Waals surface area contributed by atoms with Crippen LogP contribution in [0.2, 0.25) is 0 Å². The second-order valence-corrected chi connectivity index (χ2v) is 11.3. The van der Waals surface area contributed by atoms with Crippen molar-refractivity contribution in [1.29, 1.82) is 0 Å². The normalized spacial score (nSPS) is 15.3. The minimum atomic E-state index is -3.63. The maximum absolute atomic E-state index is 12.8. The molecule has 0 saturated carbocycles. The van der Waals surface area contributed by atoms with Crippen molar-refractivity contribution in [3.05, 3.63) is 65.2 Å². The Balaban J connectivity index is 1.56. The van der Waals surface area contributed by atoms with Gasteiger partial charge in [-0.15, -0.1) is 0 Å². The zero-order valence-electron chi connectivity index (χ0n) is 19.7. The summed E-state index contributed by atoms with van der Waals surface area (Å²) >= 11 is 0. The number of hydrogen-bond acceptors (Lipinski definition) is 4. The van der Waals surface area contributed by atoms with Gasteiger partial charge in [0.15, 0.2) is 0 Å². The molecule has 178 valence electrons. The summed E-state index contributed by atoms with van der Waals surface area (Å²) in [6.45, 7) is 9.07. The molecule has 0 aliphatic carbocycles. The fourth-order valence-corrected chi connectivity index (χ4v) is 4.88. The van der Waals surface area contributed by atoms with E-state index in [0.29, 0.717) is 18.7 Å². The second kappa shape index (κ2) is 10.1. The molecule has 1 heterocycles. The summed E-state index contributed by atoms with van der Waals surface area (Å²) < 4.78 is 27.9. The summed E-state index contributed by atoms with van der Waals surface area (Å²) in [6, 6.07) is 14.0. The molecular formula is C25H33N3O4S. The smallest absolute Gasteiger partial charge is 0.253 e. The Bertz CT molecular complexity index is 1080. The number of carbonyl (C=O) groups is 2. The van der Waals surface area contributed by atoms with E-state index in [1.54, 1.807) is 41.3 Å². The topological polar surface area (TPSA) is 95.6 Å². The van der Waals surface area contributed by atoms with Gasteiger partial charge in [-0.05, 0) is 53.6 Å². The van der Waals surface area contributed by atoms with Crippen LogP contribution in [0.15, 0.2) is 53.4 Å². The van der Waals surface area contributed by atoms with Crippen molar-refractivity contribution in [2.24, 2.45) is 0 Å². The lowest BCUT2D eigenvalue weighted by Crippen LogP contribution is -2.46. The van der Waals surface area contributed by atoms with Gasteiger partial charge in [-0.25, -0.2) is 13.1 Å². The van der Waals surface area contributed by atoms with Gasteiger partial charge in [0.1, 0.15) is 0 Å². The summed E-state index contributed by atoms with van der Waals surface area (Å²) in [5.41, 5.74) is 2.36. The van der Waals surface area contributed by atoms with Crippen molar-refractivity contribution in [2.75, 3.05) is 13.1 Å². The summed E-state index contributed by atoms with van der Waals surface area (Å²) in [5.74, 6) is -0.102. The van der Waals surface area contributed by atoms with Gasteiger partial charge in [0, 0.05) is 38.2 Å². The van der Waals surface area contributed by atoms with E-state index in [9.17, 15) is 18.0 Å². The van der Waals surface area contributed by atoms with Crippen molar-refractivity contribution in [1.82, 2.24) is 14.9 Å². The van der Waals surface area contributed by atoms with Gasteiger partial charge in [-0.1, -0.05) is 45.0 Å². The Morgan fingerprint density at radius 3 is 2.06 bits per heavy atom. The van der Waals surface area contributed by atoms with E-state index in [0.717, 1.165) is 24.0 Å². The molecule has 3 rings (SSSR count). The van der Waals surface area contributed by atoms with Crippen LogP contribution >= 0.6 is 0 Å². The van der Waals surface area contributed by atoms with Crippen molar-refractivity contribution in [3.63, 3.8) is 0 Å². The van der Waals surface area contributed by atoms with E-state index >= 15 is 0 Å². The number of nitrogens with one attached hydrogen (secondary N) is 2. The lowest BCUT2D eigenvalue weighted by molar-refractivity contribution is -0.119. The largest absolute Gasteiger partial charge is 0.353 e. The Labute approximate surface area is 196 Å². The summed E-state index contributed by atoms with van der Waals surface area (Å²) in [4.78, 5) is 26.0. The van der Waals surface area contributed by atoms with E-state index in [-0.39, 0.29) is 34.7 Å². The number of piperidine rings is 1. The molecule has 7 nitrogen and oxygen atoms in total. The highest BCUT2D eigenvalue weighted by molar-refractivity contribution is 7.89. The minimum Gasteiger partial charge on any atom is -0.353 e. The van der Waals surface area contributed by atoms with Crippen LogP contribution in [0.4, 0.5) is 0 Å². The van der Waals surface area contributed by atoms with Crippen LogP contribution in [0, 0.1) is 0 Å². The number of likely N-dealkylation sites (tertiary alicyclic amines) is 1. The molecule has 2 amide bonds. The zero-order valence-corrected chi connectivity index (χ0v) is 20.5. The minimum absolute atomic E-state index is 0.0454. The molecule has 8 heteroatoms. The van der Waals surface area contributed by atoms with Gasteiger partial charge in [0.05, 0.1) is 4.90 Å². The van der Waals surface area contributed by atoms with Crippen LogP contribution in [0.1, 0.15) is 62.0 Å². The third-order valence-corrected chi connectivity index (χ3v) is 7.30. The van der Waals surface area contributed by atoms with Gasteiger partial charge < -0.3 is 10.2 Å². The van der Waals surface area contributed by atoms with Crippen molar-refractivity contribution < 1.29 is 18.0 Å². The van der Waals surface area contributed by atoms with E-state index in [1.807, 2.05) is 12.1 Å². The van der Waals surface area contributed by atoms with Gasteiger partial charge in [-0.2, -0.15) is 0 Å². The molecule has 1 fully saturated rings. The Hall–Kier alpha value is -2.71. The summed E-state index contributed by atoms with van der Waals surface area (Å²) in [7, 11) is -3.63. The first kappa shape index (κ1) is 24.9. The first-order valence-electron chi connectivity index (χ1n) is 11.2. The molecule has 0 radical (unpaired) electrons. The summed E-state index contributed by atoms with van der Waals surface area (Å²) in [5, 5.41) is 2.90. The number of amides is 2. The first-order valence-corrected chi connectivity index (χ1v) is 12.7. The van der Waals surface area contributed by atoms with Crippen LogP contribution < -0.4 is 10.0 Å². The van der Waals surface area contributed by atoms with Gasteiger partial charge >= 0.3 is 0 Å². The highest BCUT2D eigenvalue weighted by Gasteiger charge is 2.24. The molecule has 2 aromatic carbocycles. The number of carbonyl (C=O) groups excluding carboxylic acids is 2. The van der Waals surface area contributed by atoms with Crippen molar-refractivity contribution in [2.45, 2.75) is 63.4 Å². The van der Waals surface area contributed by atoms with Crippen LogP contribution in [-0.2, 0) is 26.8 Å². The molecule has 0 spiro atoms. The van der Waals surface area contributed by atoms with Crippen LogP contribution in [-0.4, -0.2) is 44.3 Å². The van der Waals surface area contributed by atoms with Crippen molar-refractivity contribution >= 4 is 21.8 Å². The predicted octanol–water partition coefficient (Wildman–Crippen LogP) is 3.20. The first-order chi connectivity index (χ1) is 15.5. The second-order valence-electron chi connectivity index (χ2n) is 9.56. The molecule has 2 N–H and O–H groups in total. The molecule has 1 aliphatic rings. The highest BCUT2D eigenvalue weighted by Crippen LogP contribution is 2.23. The fraction of sp³-hybridized carbons (Fsp3) is 0.440.